The van der Waals surface area contributed by atoms with Crippen molar-refractivity contribution in [1.82, 2.24) is 15.5 Å². The average molecular weight is 462 g/mol. The van der Waals surface area contributed by atoms with Crippen LogP contribution in [0.5, 0.6) is 0 Å². The molecule has 0 atom stereocenters. The molecule has 2 aromatic rings. The van der Waals surface area contributed by atoms with Crippen molar-refractivity contribution in [2.45, 2.75) is 0 Å². The lowest BCUT2D eigenvalue weighted by Crippen LogP contribution is -2.41. The van der Waals surface area contributed by atoms with Gasteiger partial charge in [0, 0.05) is 13.1 Å². The van der Waals surface area contributed by atoms with E-state index >= 15 is 0 Å². The van der Waals surface area contributed by atoms with Gasteiger partial charge in [0.15, 0.2) is 0 Å². The summed E-state index contributed by atoms with van der Waals surface area (Å²) in [5.74, 6) is -1.85. The van der Waals surface area contributed by atoms with Crippen molar-refractivity contribution in [2.75, 3.05) is 19.6 Å². The first-order chi connectivity index (χ1) is 14.8. The SMILES string of the molecule is O=C(CNC(=O)c1ccccc1Cl)NCCN1C(=O)S/C(=C\c2ccc(F)cc2)C1=O. The first-order valence-electron chi connectivity index (χ1n) is 9.15. The summed E-state index contributed by atoms with van der Waals surface area (Å²) in [6.07, 6.45) is 1.51. The zero-order chi connectivity index (χ0) is 22.4. The molecule has 4 amide bonds. The molecular weight excluding hydrogens is 445 g/mol. The van der Waals surface area contributed by atoms with Gasteiger partial charge in [-0.3, -0.25) is 24.1 Å². The van der Waals surface area contributed by atoms with E-state index in [9.17, 15) is 23.6 Å². The van der Waals surface area contributed by atoms with E-state index in [-0.39, 0.29) is 35.1 Å². The van der Waals surface area contributed by atoms with Gasteiger partial charge < -0.3 is 10.6 Å². The summed E-state index contributed by atoms with van der Waals surface area (Å²) in [6, 6.07) is 12.0. The van der Waals surface area contributed by atoms with Crippen molar-refractivity contribution in [3.63, 3.8) is 0 Å². The average Bonchev–Trinajstić information content (AvgIpc) is 3.01. The predicted molar refractivity (Wildman–Crippen MR) is 116 cm³/mol. The van der Waals surface area contributed by atoms with Gasteiger partial charge in [0.25, 0.3) is 17.1 Å². The van der Waals surface area contributed by atoms with Gasteiger partial charge >= 0.3 is 0 Å². The molecule has 0 bridgehead atoms. The Hall–Kier alpha value is -3.17. The zero-order valence-electron chi connectivity index (χ0n) is 16.1. The molecular formula is C21H17ClFN3O4S. The fourth-order valence-electron chi connectivity index (χ4n) is 2.67. The van der Waals surface area contributed by atoms with Gasteiger partial charge in [-0.05, 0) is 47.7 Å². The number of nitrogens with zero attached hydrogens (tertiary/aromatic N) is 1. The summed E-state index contributed by atoms with van der Waals surface area (Å²) in [7, 11) is 0. The van der Waals surface area contributed by atoms with Gasteiger partial charge in [-0.25, -0.2) is 4.39 Å². The van der Waals surface area contributed by atoms with E-state index < -0.39 is 28.8 Å². The molecule has 31 heavy (non-hydrogen) atoms. The van der Waals surface area contributed by atoms with Gasteiger partial charge in [-0.15, -0.1) is 0 Å². The molecule has 0 radical (unpaired) electrons. The third-order valence-corrected chi connectivity index (χ3v) is 5.46. The van der Waals surface area contributed by atoms with Gasteiger partial charge in [-0.2, -0.15) is 0 Å². The summed E-state index contributed by atoms with van der Waals surface area (Å²) in [4.78, 5) is 49.7. The van der Waals surface area contributed by atoms with Crippen LogP contribution < -0.4 is 10.6 Å². The summed E-state index contributed by atoms with van der Waals surface area (Å²) in [6.45, 7) is -0.269. The standard InChI is InChI=1S/C21H17ClFN3O4S/c22-16-4-2-1-3-15(16)19(28)25-12-18(27)24-9-10-26-20(29)17(31-21(26)30)11-13-5-7-14(23)8-6-13/h1-8,11H,9-10,12H2,(H,24,27)(H,25,28)/b17-11-. The molecule has 7 nitrogen and oxygen atoms in total. The molecule has 1 heterocycles. The van der Waals surface area contributed by atoms with E-state index in [2.05, 4.69) is 10.6 Å². The fourth-order valence-corrected chi connectivity index (χ4v) is 3.76. The van der Waals surface area contributed by atoms with Crippen LogP contribution in [0.4, 0.5) is 9.18 Å². The monoisotopic (exact) mass is 461 g/mol. The molecule has 0 aliphatic carbocycles. The van der Waals surface area contributed by atoms with Crippen LogP contribution >= 0.6 is 23.4 Å². The number of thioether (sulfide) groups is 1. The fraction of sp³-hybridized carbons (Fsp3) is 0.143. The Morgan fingerprint density at radius 1 is 1.06 bits per heavy atom. The largest absolute Gasteiger partial charge is 0.353 e. The van der Waals surface area contributed by atoms with E-state index in [0.29, 0.717) is 5.56 Å². The van der Waals surface area contributed by atoms with Gasteiger partial charge in [0.1, 0.15) is 5.82 Å². The Labute approximate surface area is 186 Å². The first-order valence-corrected chi connectivity index (χ1v) is 10.3. The van der Waals surface area contributed by atoms with Gasteiger partial charge in [0.2, 0.25) is 5.91 Å². The minimum absolute atomic E-state index is 0.0182. The van der Waals surface area contributed by atoms with E-state index in [1.165, 1.54) is 36.4 Å². The van der Waals surface area contributed by atoms with Crippen LogP contribution in [0.2, 0.25) is 5.02 Å². The summed E-state index contributed by atoms with van der Waals surface area (Å²) >= 11 is 6.71. The van der Waals surface area contributed by atoms with Crippen LogP contribution in [0, 0.1) is 5.82 Å². The highest BCUT2D eigenvalue weighted by molar-refractivity contribution is 8.18. The Kier molecular flexibility index (Phi) is 7.43. The molecule has 160 valence electrons. The number of carbonyl (C=O) groups excluding carboxylic acids is 4. The molecule has 2 N–H and O–H groups in total. The molecule has 1 fully saturated rings. The second kappa shape index (κ2) is 10.2. The van der Waals surface area contributed by atoms with Crippen LogP contribution in [0.1, 0.15) is 15.9 Å². The van der Waals surface area contributed by atoms with Crippen LogP contribution in [-0.2, 0) is 9.59 Å². The number of hydrogen-bond acceptors (Lipinski definition) is 5. The summed E-state index contributed by atoms with van der Waals surface area (Å²) in [5.41, 5.74) is 0.845. The highest BCUT2D eigenvalue weighted by Gasteiger charge is 2.34. The van der Waals surface area contributed by atoms with Crippen molar-refractivity contribution in [3.05, 3.63) is 75.4 Å². The lowest BCUT2D eigenvalue weighted by Gasteiger charge is -2.13. The van der Waals surface area contributed by atoms with Crippen LogP contribution in [0.3, 0.4) is 0 Å². The molecule has 0 aromatic heterocycles. The number of hydrogen-bond donors (Lipinski definition) is 2. The molecule has 10 heteroatoms. The highest BCUT2D eigenvalue weighted by Crippen LogP contribution is 2.31. The smallest absolute Gasteiger partial charge is 0.293 e. The first kappa shape index (κ1) is 22.5. The van der Waals surface area contributed by atoms with Crippen LogP contribution in [0.25, 0.3) is 6.08 Å². The maximum Gasteiger partial charge on any atom is 0.293 e. The Bertz CT molecular complexity index is 1060. The maximum absolute atomic E-state index is 13.0. The lowest BCUT2D eigenvalue weighted by atomic mass is 10.2. The molecule has 1 aliphatic rings. The Morgan fingerprint density at radius 3 is 2.48 bits per heavy atom. The number of halogens is 2. The topological polar surface area (TPSA) is 95.6 Å². The van der Waals surface area contributed by atoms with Gasteiger partial charge in [-0.1, -0.05) is 35.9 Å². The summed E-state index contributed by atoms with van der Waals surface area (Å²) < 4.78 is 13.0. The number of amides is 4. The van der Waals surface area contributed by atoms with Gasteiger partial charge in [0.05, 0.1) is 22.0 Å². The number of nitrogens with one attached hydrogen (secondary N) is 2. The molecule has 0 spiro atoms. The van der Waals surface area contributed by atoms with Crippen LogP contribution in [-0.4, -0.2) is 47.5 Å². The minimum atomic E-state index is -0.488. The number of imide groups is 1. The second-order valence-electron chi connectivity index (χ2n) is 6.40. The number of benzene rings is 2. The molecule has 2 aromatic carbocycles. The third kappa shape index (κ3) is 5.93. The van der Waals surface area contributed by atoms with E-state index in [0.717, 1.165) is 16.7 Å². The number of carbonyl (C=O) groups is 4. The normalized spacial score (nSPS) is 14.8. The van der Waals surface area contributed by atoms with Crippen molar-refractivity contribution in [2.24, 2.45) is 0 Å². The molecule has 0 saturated carbocycles. The molecule has 3 rings (SSSR count). The quantitative estimate of drug-likeness (QED) is 0.618. The lowest BCUT2D eigenvalue weighted by molar-refractivity contribution is -0.124. The van der Waals surface area contributed by atoms with Crippen molar-refractivity contribution in [1.29, 1.82) is 0 Å². The second-order valence-corrected chi connectivity index (χ2v) is 7.80. The Morgan fingerprint density at radius 2 is 1.77 bits per heavy atom. The van der Waals surface area contributed by atoms with Crippen LogP contribution in [0.15, 0.2) is 53.4 Å². The predicted octanol–water partition coefficient (Wildman–Crippen LogP) is 3.06. The van der Waals surface area contributed by atoms with Crippen molar-refractivity contribution in [3.8, 4) is 0 Å². The van der Waals surface area contributed by atoms with E-state index in [1.807, 2.05) is 0 Å². The maximum atomic E-state index is 13.0. The molecule has 1 aliphatic heterocycles. The van der Waals surface area contributed by atoms with Crippen molar-refractivity contribution >= 4 is 52.4 Å². The molecule has 1 saturated heterocycles. The number of rotatable bonds is 7. The third-order valence-electron chi connectivity index (χ3n) is 4.23. The zero-order valence-corrected chi connectivity index (χ0v) is 17.6. The minimum Gasteiger partial charge on any atom is -0.353 e. The van der Waals surface area contributed by atoms with E-state index in [4.69, 9.17) is 11.6 Å². The van der Waals surface area contributed by atoms with Crippen molar-refractivity contribution < 1.29 is 23.6 Å². The van der Waals surface area contributed by atoms with E-state index in [1.54, 1.807) is 18.2 Å². The molecule has 0 unspecified atom stereocenters. The Balaban J connectivity index is 1.46. The highest BCUT2D eigenvalue weighted by atomic mass is 35.5. The summed E-state index contributed by atoms with van der Waals surface area (Å²) in [5, 5.41) is 4.80.